The van der Waals surface area contributed by atoms with E-state index in [1.165, 1.54) is 19.3 Å². The van der Waals surface area contributed by atoms with E-state index in [4.69, 9.17) is 17.0 Å². The summed E-state index contributed by atoms with van der Waals surface area (Å²) in [4.78, 5) is 11.7. The average molecular weight is 322 g/mol. The molecule has 22 heavy (non-hydrogen) atoms. The molecule has 1 rings (SSSR count). The van der Waals surface area contributed by atoms with Crippen LogP contribution in [0.1, 0.15) is 45.4 Å². The molecule has 1 amide bonds. The fourth-order valence-corrected chi connectivity index (χ4v) is 2.14. The van der Waals surface area contributed by atoms with Crippen molar-refractivity contribution in [1.82, 2.24) is 10.6 Å². The van der Waals surface area contributed by atoms with Gasteiger partial charge in [0.25, 0.3) is 0 Å². The lowest BCUT2D eigenvalue weighted by molar-refractivity contribution is -0.119. The first-order chi connectivity index (χ1) is 10.7. The minimum atomic E-state index is -0.0669. The van der Waals surface area contributed by atoms with E-state index in [9.17, 15) is 4.79 Å². The highest BCUT2D eigenvalue weighted by Crippen LogP contribution is 2.08. The van der Waals surface area contributed by atoms with Gasteiger partial charge in [-0.1, -0.05) is 44.4 Å². The van der Waals surface area contributed by atoms with Crippen LogP contribution in [0.5, 0.6) is 5.75 Å². The van der Waals surface area contributed by atoms with Crippen LogP contribution in [0.3, 0.4) is 0 Å². The molecule has 0 radical (unpaired) electrons. The zero-order valence-corrected chi connectivity index (χ0v) is 14.1. The summed E-state index contributed by atoms with van der Waals surface area (Å²) in [6.07, 6.45) is 5.80. The van der Waals surface area contributed by atoms with Crippen molar-refractivity contribution in [3.8, 4) is 5.75 Å². The minimum absolute atomic E-state index is 0.0669. The van der Waals surface area contributed by atoms with Gasteiger partial charge in [0.05, 0.1) is 6.61 Å². The van der Waals surface area contributed by atoms with Crippen LogP contribution in [0.25, 0.3) is 0 Å². The van der Waals surface area contributed by atoms with E-state index in [-0.39, 0.29) is 5.91 Å². The second kappa shape index (κ2) is 12.0. The van der Waals surface area contributed by atoms with Crippen LogP contribution in [-0.2, 0) is 4.79 Å². The van der Waals surface area contributed by atoms with Gasteiger partial charge in [-0.2, -0.15) is 0 Å². The smallest absolute Gasteiger partial charge is 0.226 e. The average Bonchev–Trinajstić information content (AvgIpc) is 2.52. The second-order valence-electron chi connectivity index (χ2n) is 5.13. The van der Waals surface area contributed by atoms with Gasteiger partial charge >= 0.3 is 0 Å². The van der Waals surface area contributed by atoms with E-state index in [0.717, 1.165) is 18.7 Å². The van der Waals surface area contributed by atoms with Crippen molar-refractivity contribution in [2.45, 2.75) is 45.4 Å². The number of thiocarbonyl (C=S) groups is 1. The first-order valence-corrected chi connectivity index (χ1v) is 8.38. The molecule has 0 bridgehead atoms. The molecule has 0 fully saturated rings. The summed E-state index contributed by atoms with van der Waals surface area (Å²) in [6.45, 7) is 3.52. The fourth-order valence-electron chi connectivity index (χ4n) is 1.93. The molecule has 0 saturated heterocycles. The molecule has 1 aromatic carbocycles. The highest BCUT2D eigenvalue weighted by Gasteiger charge is 2.04. The van der Waals surface area contributed by atoms with Crippen LogP contribution in [0.15, 0.2) is 30.3 Å². The number of para-hydroxylation sites is 1. The molecule has 0 aliphatic heterocycles. The third kappa shape index (κ3) is 9.34. The van der Waals surface area contributed by atoms with Gasteiger partial charge in [0.1, 0.15) is 5.75 Å². The topological polar surface area (TPSA) is 50.4 Å². The van der Waals surface area contributed by atoms with E-state index in [1.54, 1.807) is 0 Å². The molecule has 0 aromatic heterocycles. The van der Waals surface area contributed by atoms with Crippen molar-refractivity contribution in [3.63, 3.8) is 0 Å². The van der Waals surface area contributed by atoms with Crippen LogP contribution >= 0.6 is 12.2 Å². The first-order valence-electron chi connectivity index (χ1n) is 7.98. The van der Waals surface area contributed by atoms with E-state index in [0.29, 0.717) is 24.6 Å². The summed E-state index contributed by atoms with van der Waals surface area (Å²) in [6, 6.07) is 9.59. The van der Waals surface area contributed by atoms with E-state index >= 15 is 0 Å². The number of carbonyl (C=O) groups is 1. The highest BCUT2D eigenvalue weighted by molar-refractivity contribution is 7.80. The SMILES string of the molecule is CCCCCCNC(=S)NC(=O)CCCOc1ccccc1. The van der Waals surface area contributed by atoms with Gasteiger partial charge in [-0.3, -0.25) is 4.79 Å². The Morgan fingerprint density at radius 1 is 1.14 bits per heavy atom. The number of nitrogens with one attached hydrogen (secondary N) is 2. The van der Waals surface area contributed by atoms with Gasteiger partial charge in [0, 0.05) is 13.0 Å². The Balaban J connectivity index is 2.01. The van der Waals surface area contributed by atoms with Crippen LogP contribution in [0, 0.1) is 0 Å². The lowest BCUT2D eigenvalue weighted by atomic mass is 10.2. The van der Waals surface area contributed by atoms with E-state index in [2.05, 4.69) is 17.6 Å². The Bertz CT molecular complexity index is 438. The quantitative estimate of drug-likeness (QED) is 0.512. The molecule has 0 unspecified atom stereocenters. The number of rotatable bonds is 10. The lowest BCUT2D eigenvalue weighted by Gasteiger charge is -2.09. The monoisotopic (exact) mass is 322 g/mol. The molecule has 0 atom stereocenters. The third-order valence-corrected chi connectivity index (χ3v) is 3.38. The van der Waals surface area contributed by atoms with E-state index < -0.39 is 0 Å². The molecule has 2 N–H and O–H groups in total. The molecule has 122 valence electrons. The largest absolute Gasteiger partial charge is 0.494 e. The molecule has 0 saturated carbocycles. The summed E-state index contributed by atoms with van der Waals surface area (Å²) in [7, 11) is 0. The summed E-state index contributed by atoms with van der Waals surface area (Å²) in [5.74, 6) is 0.759. The van der Waals surface area contributed by atoms with Crippen molar-refractivity contribution < 1.29 is 9.53 Å². The Kier molecular flexibility index (Phi) is 10.0. The molecule has 0 aliphatic rings. The van der Waals surface area contributed by atoms with Gasteiger partial charge in [-0.15, -0.1) is 0 Å². The Hall–Kier alpha value is -1.62. The molecule has 0 aliphatic carbocycles. The number of hydrogen-bond acceptors (Lipinski definition) is 3. The maximum absolute atomic E-state index is 11.7. The summed E-state index contributed by atoms with van der Waals surface area (Å²) < 4.78 is 5.54. The normalized spacial score (nSPS) is 10.0. The Morgan fingerprint density at radius 2 is 1.91 bits per heavy atom. The van der Waals surface area contributed by atoms with E-state index in [1.807, 2.05) is 30.3 Å². The number of ether oxygens (including phenoxy) is 1. The molecule has 1 aromatic rings. The molecule has 0 heterocycles. The summed E-state index contributed by atoms with van der Waals surface area (Å²) in [5.41, 5.74) is 0. The van der Waals surface area contributed by atoms with Crippen LogP contribution in [0.2, 0.25) is 0 Å². The zero-order valence-electron chi connectivity index (χ0n) is 13.3. The predicted octanol–water partition coefficient (Wildman–Crippen LogP) is 3.42. The maximum Gasteiger partial charge on any atom is 0.226 e. The summed E-state index contributed by atoms with van der Waals surface area (Å²) >= 11 is 5.09. The van der Waals surface area contributed by atoms with Gasteiger partial charge in [-0.05, 0) is 37.2 Å². The van der Waals surface area contributed by atoms with Crippen molar-refractivity contribution >= 4 is 23.2 Å². The van der Waals surface area contributed by atoms with Gasteiger partial charge in [-0.25, -0.2) is 0 Å². The standard InChI is InChI=1S/C17H26N2O2S/c1-2-3-4-8-13-18-17(22)19-16(20)12-9-14-21-15-10-6-5-7-11-15/h5-7,10-11H,2-4,8-9,12-14H2,1H3,(H2,18,19,20,22). The van der Waals surface area contributed by atoms with Gasteiger partial charge in [0.15, 0.2) is 5.11 Å². The van der Waals surface area contributed by atoms with Crippen LogP contribution < -0.4 is 15.4 Å². The number of carbonyl (C=O) groups excluding carboxylic acids is 1. The Labute approximate surface area is 138 Å². The Morgan fingerprint density at radius 3 is 2.64 bits per heavy atom. The third-order valence-electron chi connectivity index (χ3n) is 3.13. The van der Waals surface area contributed by atoms with Gasteiger partial charge < -0.3 is 15.4 Å². The first kappa shape index (κ1) is 18.4. The van der Waals surface area contributed by atoms with Crippen molar-refractivity contribution in [2.75, 3.05) is 13.2 Å². The summed E-state index contributed by atoms with van der Waals surface area (Å²) in [5, 5.41) is 6.17. The molecule has 5 heteroatoms. The maximum atomic E-state index is 11.7. The fraction of sp³-hybridized carbons (Fsp3) is 0.529. The number of hydrogen-bond donors (Lipinski definition) is 2. The second-order valence-corrected chi connectivity index (χ2v) is 5.54. The zero-order chi connectivity index (χ0) is 16.0. The molecule has 4 nitrogen and oxygen atoms in total. The van der Waals surface area contributed by atoms with Crippen LogP contribution in [0.4, 0.5) is 0 Å². The predicted molar refractivity (Wildman–Crippen MR) is 94.1 cm³/mol. The number of benzene rings is 1. The number of amides is 1. The molecule has 0 spiro atoms. The van der Waals surface area contributed by atoms with Crippen molar-refractivity contribution in [2.24, 2.45) is 0 Å². The minimum Gasteiger partial charge on any atom is -0.494 e. The lowest BCUT2D eigenvalue weighted by Crippen LogP contribution is -2.39. The molecular weight excluding hydrogens is 296 g/mol. The van der Waals surface area contributed by atoms with Crippen molar-refractivity contribution in [1.29, 1.82) is 0 Å². The van der Waals surface area contributed by atoms with Crippen LogP contribution in [-0.4, -0.2) is 24.2 Å². The highest BCUT2D eigenvalue weighted by atomic mass is 32.1. The molecular formula is C17H26N2O2S. The van der Waals surface area contributed by atoms with Crippen molar-refractivity contribution in [3.05, 3.63) is 30.3 Å². The number of unbranched alkanes of at least 4 members (excludes halogenated alkanes) is 3. The van der Waals surface area contributed by atoms with Gasteiger partial charge in [0.2, 0.25) is 5.91 Å².